The molecule has 0 unspecified atom stereocenters. The van der Waals surface area contributed by atoms with Crippen molar-refractivity contribution in [3.8, 4) is 11.5 Å². The number of ether oxygens (including phenoxy) is 1. The molecule has 19 heavy (non-hydrogen) atoms. The average molecular weight is 322 g/mol. The molecule has 0 aromatic heterocycles. The van der Waals surface area contributed by atoms with Gasteiger partial charge in [0.25, 0.3) is 0 Å². The number of hydrogen-bond acceptors (Lipinski definition) is 3. The van der Waals surface area contributed by atoms with Crippen LogP contribution in [0.5, 0.6) is 11.5 Å². The predicted molar refractivity (Wildman–Crippen MR) is 80.9 cm³/mol. The fourth-order valence-corrected chi connectivity index (χ4v) is 2.26. The minimum atomic E-state index is 0.265. The first-order valence-electron chi connectivity index (χ1n) is 5.96. The van der Waals surface area contributed by atoms with Crippen molar-refractivity contribution in [2.24, 2.45) is 0 Å². The number of aromatic hydroxyl groups is 1. The Balaban J connectivity index is 2.18. The fraction of sp³-hybridized carbons (Fsp3) is 0.200. The molecule has 2 rings (SSSR count). The minimum Gasteiger partial charge on any atom is -0.506 e. The Bertz CT molecular complexity index is 584. The molecule has 0 saturated carbocycles. The number of benzene rings is 2. The summed E-state index contributed by atoms with van der Waals surface area (Å²) in [5, 5.41) is 13.2. The second-order valence-corrected chi connectivity index (χ2v) is 5.16. The van der Waals surface area contributed by atoms with E-state index in [-0.39, 0.29) is 5.75 Å². The number of hydrogen-bond donors (Lipinski definition) is 2. The van der Waals surface area contributed by atoms with E-state index < -0.39 is 0 Å². The summed E-state index contributed by atoms with van der Waals surface area (Å²) < 4.78 is 6.01. The Kier molecular flexibility index (Phi) is 4.32. The fourth-order valence-electron chi connectivity index (χ4n) is 1.85. The zero-order valence-corrected chi connectivity index (χ0v) is 12.5. The molecular weight excluding hydrogens is 306 g/mol. The quantitative estimate of drug-likeness (QED) is 0.891. The Labute approximate surface area is 121 Å². The standard InChI is InChI=1S/C15H16BrNO2/c1-10-6-7-14(19-2)13(8-10)17-9-11-4-3-5-12(16)15(11)18/h3-8,17-18H,9H2,1-2H3. The molecular formula is C15H16BrNO2. The van der Waals surface area contributed by atoms with E-state index in [9.17, 15) is 5.11 Å². The van der Waals surface area contributed by atoms with Crippen molar-refractivity contribution in [2.75, 3.05) is 12.4 Å². The van der Waals surface area contributed by atoms with E-state index in [1.54, 1.807) is 7.11 Å². The number of aryl methyl sites for hydroxylation is 1. The summed E-state index contributed by atoms with van der Waals surface area (Å²) in [6.45, 7) is 2.56. The van der Waals surface area contributed by atoms with E-state index in [0.717, 1.165) is 22.6 Å². The molecule has 0 radical (unpaired) electrons. The number of phenols is 1. The number of para-hydroxylation sites is 1. The lowest BCUT2D eigenvalue weighted by atomic mass is 10.1. The van der Waals surface area contributed by atoms with Crippen LogP contribution in [0, 0.1) is 6.92 Å². The van der Waals surface area contributed by atoms with E-state index in [1.165, 1.54) is 0 Å². The van der Waals surface area contributed by atoms with Gasteiger partial charge in [0.2, 0.25) is 0 Å². The Hall–Kier alpha value is -1.68. The Morgan fingerprint density at radius 2 is 2.05 bits per heavy atom. The Morgan fingerprint density at radius 1 is 1.26 bits per heavy atom. The SMILES string of the molecule is COc1ccc(C)cc1NCc1cccc(Br)c1O. The van der Waals surface area contributed by atoms with E-state index in [2.05, 4.69) is 21.2 Å². The highest BCUT2D eigenvalue weighted by Gasteiger charge is 2.07. The number of rotatable bonds is 4. The molecule has 3 nitrogen and oxygen atoms in total. The molecule has 0 atom stereocenters. The first-order chi connectivity index (χ1) is 9.11. The van der Waals surface area contributed by atoms with Gasteiger partial charge in [0.15, 0.2) is 0 Å². The van der Waals surface area contributed by atoms with Crippen LogP contribution in [-0.2, 0) is 6.54 Å². The lowest BCUT2D eigenvalue weighted by molar-refractivity contribution is 0.416. The lowest BCUT2D eigenvalue weighted by Crippen LogP contribution is -2.02. The molecule has 4 heteroatoms. The van der Waals surface area contributed by atoms with Crippen LogP contribution >= 0.6 is 15.9 Å². The molecule has 2 N–H and O–H groups in total. The third-order valence-corrected chi connectivity index (χ3v) is 3.53. The maximum atomic E-state index is 9.94. The van der Waals surface area contributed by atoms with Gasteiger partial charge in [0, 0.05) is 12.1 Å². The topological polar surface area (TPSA) is 41.5 Å². The van der Waals surface area contributed by atoms with Crippen LogP contribution in [0.2, 0.25) is 0 Å². The lowest BCUT2D eigenvalue weighted by Gasteiger charge is -2.13. The number of methoxy groups -OCH3 is 1. The number of anilines is 1. The van der Waals surface area contributed by atoms with Gasteiger partial charge in [-0.05, 0) is 46.6 Å². The van der Waals surface area contributed by atoms with E-state index in [4.69, 9.17) is 4.74 Å². The molecule has 0 aliphatic carbocycles. The smallest absolute Gasteiger partial charge is 0.141 e. The Morgan fingerprint density at radius 3 is 2.79 bits per heavy atom. The van der Waals surface area contributed by atoms with Crippen LogP contribution in [0.3, 0.4) is 0 Å². The van der Waals surface area contributed by atoms with Crippen LogP contribution in [0.4, 0.5) is 5.69 Å². The van der Waals surface area contributed by atoms with E-state index >= 15 is 0 Å². The van der Waals surface area contributed by atoms with Gasteiger partial charge in [-0.1, -0.05) is 18.2 Å². The van der Waals surface area contributed by atoms with Crippen molar-refractivity contribution in [3.63, 3.8) is 0 Å². The van der Waals surface area contributed by atoms with Crippen LogP contribution in [-0.4, -0.2) is 12.2 Å². The van der Waals surface area contributed by atoms with Crippen molar-refractivity contribution in [1.29, 1.82) is 0 Å². The summed E-state index contributed by atoms with van der Waals surface area (Å²) in [5.74, 6) is 1.06. The van der Waals surface area contributed by atoms with E-state index in [0.29, 0.717) is 11.0 Å². The van der Waals surface area contributed by atoms with Crippen LogP contribution in [0.15, 0.2) is 40.9 Å². The predicted octanol–water partition coefficient (Wildman–Crippen LogP) is 4.08. The first kappa shape index (κ1) is 13.7. The molecule has 0 bridgehead atoms. The summed E-state index contributed by atoms with van der Waals surface area (Å²) in [5.41, 5.74) is 2.90. The van der Waals surface area contributed by atoms with Gasteiger partial charge in [-0.15, -0.1) is 0 Å². The summed E-state index contributed by atoms with van der Waals surface area (Å²) >= 11 is 3.31. The van der Waals surface area contributed by atoms with Crippen LogP contribution in [0.25, 0.3) is 0 Å². The van der Waals surface area contributed by atoms with Crippen molar-refractivity contribution < 1.29 is 9.84 Å². The van der Waals surface area contributed by atoms with Crippen molar-refractivity contribution >= 4 is 21.6 Å². The average Bonchev–Trinajstić information content (AvgIpc) is 2.40. The van der Waals surface area contributed by atoms with E-state index in [1.807, 2.05) is 43.3 Å². The van der Waals surface area contributed by atoms with Gasteiger partial charge < -0.3 is 15.2 Å². The van der Waals surface area contributed by atoms with Crippen molar-refractivity contribution in [1.82, 2.24) is 0 Å². The number of nitrogens with one attached hydrogen (secondary N) is 1. The van der Waals surface area contributed by atoms with Gasteiger partial charge in [0.1, 0.15) is 11.5 Å². The van der Waals surface area contributed by atoms with Crippen molar-refractivity contribution in [3.05, 3.63) is 52.0 Å². The van der Waals surface area contributed by atoms with Crippen LogP contribution in [0.1, 0.15) is 11.1 Å². The highest BCUT2D eigenvalue weighted by Crippen LogP contribution is 2.30. The highest BCUT2D eigenvalue weighted by atomic mass is 79.9. The second kappa shape index (κ2) is 5.97. The highest BCUT2D eigenvalue weighted by molar-refractivity contribution is 9.10. The molecule has 0 amide bonds. The second-order valence-electron chi connectivity index (χ2n) is 4.30. The first-order valence-corrected chi connectivity index (χ1v) is 6.76. The molecule has 2 aromatic carbocycles. The monoisotopic (exact) mass is 321 g/mol. The van der Waals surface area contributed by atoms with Gasteiger partial charge in [0.05, 0.1) is 17.3 Å². The maximum Gasteiger partial charge on any atom is 0.141 e. The zero-order valence-electron chi connectivity index (χ0n) is 10.9. The number of halogens is 1. The summed E-state index contributed by atoms with van der Waals surface area (Å²) in [7, 11) is 1.65. The normalized spacial score (nSPS) is 10.3. The van der Waals surface area contributed by atoms with Gasteiger partial charge in [-0.25, -0.2) is 0 Å². The van der Waals surface area contributed by atoms with Gasteiger partial charge in [-0.3, -0.25) is 0 Å². The third kappa shape index (κ3) is 3.20. The molecule has 0 fully saturated rings. The third-order valence-electron chi connectivity index (χ3n) is 2.89. The summed E-state index contributed by atoms with van der Waals surface area (Å²) in [6.07, 6.45) is 0. The minimum absolute atomic E-state index is 0.265. The molecule has 0 heterocycles. The largest absolute Gasteiger partial charge is 0.506 e. The molecule has 100 valence electrons. The molecule has 0 aliphatic rings. The summed E-state index contributed by atoms with van der Waals surface area (Å²) in [6, 6.07) is 11.5. The molecule has 0 spiro atoms. The summed E-state index contributed by atoms with van der Waals surface area (Å²) in [4.78, 5) is 0. The zero-order chi connectivity index (χ0) is 13.8. The molecule has 2 aromatic rings. The number of phenolic OH excluding ortho intramolecular Hbond substituents is 1. The molecule has 0 aliphatic heterocycles. The van der Waals surface area contributed by atoms with Crippen LogP contribution < -0.4 is 10.1 Å². The van der Waals surface area contributed by atoms with Gasteiger partial charge >= 0.3 is 0 Å². The maximum absolute atomic E-state index is 9.94. The van der Waals surface area contributed by atoms with Crippen molar-refractivity contribution in [2.45, 2.75) is 13.5 Å². The molecule has 0 saturated heterocycles. The van der Waals surface area contributed by atoms with Gasteiger partial charge in [-0.2, -0.15) is 0 Å².